The van der Waals surface area contributed by atoms with Crippen LogP contribution in [-0.2, 0) is 13.0 Å². The SMILES string of the molecule is CCc1cc(C(NC)c2cc(Cl)ccc2Cl)n(CC)n1. The first kappa shape index (κ1) is 15.4. The van der Waals surface area contributed by atoms with Crippen LogP contribution in [0.4, 0.5) is 0 Å². The Labute approximate surface area is 129 Å². The molecule has 1 aromatic carbocycles. The van der Waals surface area contributed by atoms with Crippen molar-refractivity contribution in [3.8, 4) is 0 Å². The summed E-state index contributed by atoms with van der Waals surface area (Å²) >= 11 is 12.4. The van der Waals surface area contributed by atoms with Crippen LogP contribution in [0.5, 0.6) is 0 Å². The molecule has 108 valence electrons. The molecule has 5 heteroatoms. The van der Waals surface area contributed by atoms with Gasteiger partial charge in [-0.05, 0) is 50.2 Å². The van der Waals surface area contributed by atoms with Crippen LogP contribution >= 0.6 is 23.2 Å². The summed E-state index contributed by atoms with van der Waals surface area (Å²) in [6.45, 7) is 5.01. The lowest BCUT2D eigenvalue weighted by molar-refractivity contribution is 0.560. The summed E-state index contributed by atoms with van der Waals surface area (Å²) < 4.78 is 2.01. The predicted octanol–water partition coefficient (Wildman–Crippen LogP) is 4.08. The van der Waals surface area contributed by atoms with Crippen molar-refractivity contribution in [2.24, 2.45) is 0 Å². The predicted molar refractivity (Wildman–Crippen MR) is 84.6 cm³/mol. The number of rotatable bonds is 5. The van der Waals surface area contributed by atoms with Gasteiger partial charge < -0.3 is 5.32 Å². The van der Waals surface area contributed by atoms with Crippen LogP contribution in [0.3, 0.4) is 0 Å². The van der Waals surface area contributed by atoms with Gasteiger partial charge in [0.05, 0.1) is 17.4 Å². The van der Waals surface area contributed by atoms with Gasteiger partial charge in [-0.15, -0.1) is 0 Å². The lowest BCUT2D eigenvalue weighted by Crippen LogP contribution is -2.21. The molecule has 0 aliphatic heterocycles. The van der Waals surface area contributed by atoms with Crippen molar-refractivity contribution in [1.82, 2.24) is 15.1 Å². The Morgan fingerprint density at radius 2 is 2.00 bits per heavy atom. The standard InChI is InChI=1S/C15H19Cl2N3/c1-4-11-9-14(20(5-2)19-11)15(18-3)12-8-10(16)6-7-13(12)17/h6-9,15,18H,4-5H2,1-3H3. The zero-order valence-electron chi connectivity index (χ0n) is 12.0. The molecule has 1 atom stereocenters. The number of nitrogens with zero attached hydrogens (tertiary/aromatic N) is 2. The van der Waals surface area contributed by atoms with E-state index in [-0.39, 0.29) is 6.04 Å². The number of hydrogen-bond donors (Lipinski definition) is 1. The molecule has 0 aliphatic rings. The minimum atomic E-state index is -0.0195. The molecule has 0 saturated heterocycles. The largest absolute Gasteiger partial charge is 0.308 e. The van der Waals surface area contributed by atoms with Gasteiger partial charge in [-0.1, -0.05) is 30.1 Å². The van der Waals surface area contributed by atoms with Crippen molar-refractivity contribution in [1.29, 1.82) is 0 Å². The fourth-order valence-corrected chi connectivity index (χ4v) is 2.75. The molecule has 0 aliphatic carbocycles. The van der Waals surface area contributed by atoms with E-state index < -0.39 is 0 Å². The molecule has 0 saturated carbocycles. The Kier molecular flexibility index (Phi) is 5.08. The highest BCUT2D eigenvalue weighted by Crippen LogP contribution is 2.31. The molecule has 1 aromatic heterocycles. The minimum absolute atomic E-state index is 0.0195. The molecular weight excluding hydrogens is 293 g/mol. The van der Waals surface area contributed by atoms with E-state index in [9.17, 15) is 0 Å². The van der Waals surface area contributed by atoms with Gasteiger partial charge in [0.1, 0.15) is 0 Å². The van der Waals surface area contributed by atoms with Crippen LogP contribution in [0, 0.1) is 0 Å². The average molecular weight is 312 g/mol. The molecule has 2 aromatic rings. The number of halogens is 2. The van der Waals surface area contributed by atoms with Gasteiger partial charge in [0.25, 0.3) is 0 Å². The van der Waals surface area contributed by atoms with Crippen molar-refractivity contribution in [3.05, 3.63) is 51.3 Å². The first-order chi connectivity index (χ1) is 9.60. The molecule has 1 heterocycles. The van der Waals surface area contributed by atoms with Crippen molar-refractivity contribution >= 4 is 23.2 Å². The maximum Gasteiger partial charge on any atom is 0.0760 e. The number of hydrogen-bond acceptors (Lipinski definition) is 2. The molecule has 3 nitrogen and oxygen atoms in total. The van der Waals surface area contributed by atoms with Crippen molar-refractivity contribution < 1.29 is 0 Å². The second-order valence-corrected chi connectivity index (χ2v) is 5.46. The molecule has 2 rings (SSSR count). The first-order valence-corrected chi connectivity index (χ1v) is 7.55. The van der Waals surface area contributed by atoms with Gasteiger partial charge in [-0.3, -0.25) is 4.68 Å². The second kappa shape index (κ2) is 6.61. The fraction of sp³-hybridized carbons (Fsp3) is 0.400. The summed E-state index contributed by atoms with van der Waals surface area (Å²) in [5.74, 6) is 0. The molecular formula is C15H19Cl2N3. The van der Waals surface area contributed by atoms with E-state index in [4.69, 9.17) is 23.2 Å². The zero-order chi connectivity index (χ0) is 14.7. The van der Waals surface area contributed by atoms with E-state index in [0.29, 0.717) is 10.0 Å². The summed E-state index contributed by atoms with van der Waals surface area (Å²) in [6.07, 6.45) is 0.916. The third kappa shape index (κ3) is 3.00. The Morgan fingerprint density at radius 3 is 2.60 bits per heavy atom. The van der Waals surface area contributed by atoms with E-state index in [2.05, 4.69) is 30.3 Å². The Balaban J connectivity index is 2.51. The fourth-order valence-electron chi connectivity index (χ4n) is 2.34. The third-order valence-corrected chi connectivity index (χ3v) is 3.96. The van der Waals surface area contributed by atoms with Crippen molar-refractivity contribution in [2.45, 2.75) is 32.9 Å². The lowest BCUT2D eigenvalue weighted by Gasteiger charge is -2.19. The Morgan fingerprint density at radius 1 is 1.25 bits per heavy atom. The number of nitrogens with one attached hydrogen (secondary N) is 1. The maximum absolute atomic E-state index is 6.33. The summed E-state index contributed by atoms with van der Waals surface area (Å²) in [5.41, 5.74) is 3.16. The van der Waals surface area contributed by atoms with E-state index in [0.717, 1.165) is 29.9 Å². The van der Waals surface area contributed by atoms with Crippen LogP contribution in [0.1, 0.15) is 36.8 Å². The maximum atomic E-state index is 6.33. The Hall–Kier alpha value is -1.03. The normalized spacial score (nSPS) is 12.7. The summed E-state index contributed by atoms with van der Waals surface area (Å²) in [7, 11) is 1.92. The van der Waals surface area contributed by atoms with E-state index in [1.54, 1.807) is 6.07 Å². The summed E-state index contributed by atoms with van der Waals surface area (Å²) in [6, 6.07) is 7.64. The molecule has 0 bridgehead atoms. The molecule has 0 fully saturated rings. The van der Waals surface area contributed by atoms with Gasteiger partial charge in [0, 0.05) is 16.6 Å². The monoisotopic (exact) mass is 311 g/mol. The molecule has 0 radical (unpaired) electrons. The lowest BCUT2D eigenvalue weighted by atomic mass is 10.0. The highest BCUT2D eigenvalue weighted by Gasteiger charge is 2.20. The first-order valence-electron chi connectivity index (χ1n) is 6.79. The number of aryl methyl sites for hydroxylation is 2. The summed E-state index contributed by atoms with van der Waals surface area (Å²) in [5, 5.41) is 9.29. The second-order valence-electron chi connectivity index (χ2n) is 4.62. The third-order valence-electron chi connectivity index (χ3n) is 3.38. The smallest absolute Gasteiger partial charge is 0.0760 e. The van der Waals surface area contributed by atoms with Crippen LogP contribution in [0.15, 0.2) is 24.3 Å². The quantitative estimate of drug-likeness (QED) is 0.901. The topological polar surface area (TPSA) is 29.9 Å². The van der Waals surface area contributed by atoms with Gasteiger partial charge in [0.15, 0.2) is 0 Å². The van der Waals surface area contributed by atoms with E-state index in [1.165, 1.54) is 0 Å². The van der Waals surface area contributed by atoms with Gasteiger partial charge in [0.2, 0.25) is 0 Å². The van der Waals surface area contributed by atoms with Gasteiger partial charge in [-0.25, -0.2) is 0 Å². The van der Waals surface area contributed by atoms with E-state index >= 15 is 0 Å². The zero-order valence-corrected chi connectivity index (χ0v) is 13.5. The average Bonchev–Trinajstić information content (AvgIpc) is 2.87. The Bertz CT molecular complexity index is 593. The van der Waals surface area contributed by atoms with Crippen LogP contribution in [0.25, 0.3) is 0 Å². The molecule has 1 unspecified atom stereocenters. The van der Waals surface area contributed by atoms with E-state index in [1.807, 2.05) is 23.9 Å². The number of benzene rings is 1. The highest BCUT2D eigenvalue weighted by atomic mass is 35.5. The molecule has 1 N–H and O–H groups in total. The van der Waals surface area contributed by atoms with Gasteiger partial charge >= 0.3 is 0 Å². The minimum Gasteiger partial charge on any atom is -0.308 e. The highest BCUT2D eigenvalue weighted by molar-refractivity contribution is 6.33. The van der Waals surface area contributed by atoms with Gasteiger partial charge in [-0.2, -0.15) is 5.10 Å². The molecule has 0 spiro atoms. The van der Waals surface area contributed by atoms with Crippen molar-refractivity contribution in [2.75, 3.05) is 7.05 Å². The summed E-state index contributed by atoms with van der Waals surface area (Å²) in [4.78, 5) is 0. The van der Waals surface area contributed by atoms with Crippen molar-refractivity contribution in [3.63, 3.8) is 0 Å². The van der Waals surface area contributed by atoms with Crippen LogP contribution in [0.2, 0.25) is 10.0 Å². The molecule has 0 amide bonds. The molecule has 20 heavy (non-hydrogen) atoms. The van der Waals surface area contributed by atoms with Crippen LogP contribution in [-0.4, -0.2) is 16.8 Å². The number of aromatic nitrogens is 2. The van der Waals surface area contributed by atoms with Crippen LogP contribution < -0.4 is 5.32 Å².